The van der Waals surface area contributed by atoms with Crippen molar-refractivity contribution >= 4 is 27.8 Å². The van der Waals surface area contributed by atoms with Gasteiger partial charge in [0.15, 0.2) is 0 Å². The zero-order valence-corrected chi connectivity index (χ0v) is 17.8. The fourth-order valence-corrected chi connectivity index (χ4v) is 5.09. The topological polar surface area (TPSA) is 27.8 Å². The third-order valence-corrected chi connectivity index (χ3v) is 6.90. The highest BCUT2D eigenvalue weighted by Gasteiger charge is 2.16. The van der Waals surface area contributed by atoms with Gasteiger partial charge in [0.1, 0.15) is 0 Å². The number of H-pyrrole nitrogens is 1. The summed E-state index contributed by atoms with van der Waals surface area (Å²) >= 11 is 1.87. The van der Waals surface area contributed by atoms with E-state index in [0.29, 0.717) is 6.04 Å². The molecule has 2 N–H and O–H groups in total. The minimum atomic E-state index is 0.630. The lowest BCUT2D eigenvalue weighted by Gasteiger charge is -2.24. The van der Waals surface area contributed by atoms with Gasteiger partial charge in [0.25, 0.3) is 0 Å². The maximum absolute atomic E-state index is 3.68. The molecule has 0 amide bonds. The highest BCUT2D eigenvalue weighted by Crippen LogP contribution is 2.28. The van der Waals surface area contributed by atoms with E-state index in [2.05, 4.69) is 65.2 Å². The molecule has 4 rings (SSSR count). The molecule has 0 bridgehead atoms. The molecule has 28 heavy (non-hydrogen) atoms. The number of thiophene rings is 1. The molecular formula is C25H32N2S. The van der Waals surface area contributed by atoms with Gasteiger partial charge in [-0.05, 0) is 78.8 Å². The van der Waals surface area contributed by atoms with Crippen LogP contribution in [0.1, 0.15) is 61.5 Å². The molecule has 2 aromatic heterocycles. The van der Waals surface area contributed by atoms with Crippen molar-refractivity contribution in [3.8, 4) is 0 Å². The van der Waals surface area contributed by atoms with Crippen LogP contribution in [0.25, 0.3) is 16.5 Å². The van der Waals surface area contributed by atoms with E-state index in [1.54, 1.807) is 0 Å². The summed E-state index contributed by atoms with van der Waals surface area (Å²) in [6, 6.07) is 12.0. The maximum atomic E-state index is 3.68. The average molecular weight is 393 g/mol. The Morgan fingerprint density at radius 3 is 2.93 bits per heavy atom. The Morgan fingerprint density at radius 1 is 1.11 bits per heavy atom. The fourth-order valence-electron chi connectivity index (χ4n) is 4.31. The van der Waals surface area contributed by atoms with Crippen LogP contribution in [0.3, 0.4) is 0 Å². The first-order chi connectivity index (χ1) is 13.8. The average Bonchev–Trinajstić information content (AvgIpc) is 3.40. The van der Waals surface area contributed by atoms with Crippen LogP contribution in [0, 0.1) is 0 Å². The number of aryl methyl sites for hydroxylation is 2. The monoisotopic (exact) mass is 392 g/mol. The Bertz CT molecular complexity index is 904. The lowest BCUT2D eigenvalue weighted by molar-refractivity contribution is 0.477. The van der Waals surface area contributed by atoms with Crippen LogP contribution in [0.4, 0.5) is 0 Å². The van der Waals surface area contributed by atoms with Gasteiger partial charge in [-0.3, -0.25) is 0 Å². The summed E-state index contributed by atoms with van der Waals surface area (Å²) in [6.45, 7) is 3.28. The predicted octanol–water partition coefficient (Wildman–Crippen LogP) is 6.73. The minimum absolute atomic E-state index is 0.630. The molecule has 3 heterocycles. The Morgan fingerprint density at radius 2 is 2.07 bits per heavy atom. The molecule has 0 spiro atoms. The van der Waals surface area contributed by atoms with Crippen molar-refractivity contribution in [3.05, 3.63) is 64.0 Å². The molecule has 0 saturated carbocycles. The van der Waals surface area contributed by atoms with Crippen molar-refractivity contribution < 1.29 is 0 Å². The number of aromatic amines is 1. The summed E-state index contributed by atoms with van der Waals surface area (Å²) in [5.41, 5.74) is 5.79. The SMILES string of the molecule is CCCCc1ccc2[nH]cc(CCCCC3CC(c4cccs4)=CCN3)c2c1. The second kappa shape index (κ2) is 9.58. The molecule has 0 saturated heterocycles. The van der Waals surface area contributed by atoms with E-state index in [1.165, 1.54) is 83.8 Å². The van der Waals surface area contributed by atoms with Gasteiger partial charge >= 0.3 is 0 Å². The molecule has 1 aromatic carbocycles. The normalized spacial score (nSPS) is 17.2. The summed E-state index contributed by atoms with van der Waals surface area (Å²) in [5.74, 6) is 0. The molecule has 148 valence electrons. The van der Waals surface area contributed by atoms with E-state index in [-0.39, 0.29) is 0 Å². The molecule has 1 aliphatic rings. The second-order valence-electron chi connectivity index (χ2n) is 8.06. The number of hydrogen-bond donors (Lipinski definition) is 2. The van der Waals surface area contributed by atoms with Gasteiger partial charge in [-0.1, -0.05) is 38.0 Å². The summed E-state index contributed by atoms with van der Waals surface area (Å²) in [4.78, 5) is 4.91. The van der Waals surface area contributed by atoms with Gasteiger partial charge in [0.05, 0.1) is 0 Å². The van der Waals surface area contributed by atoms with Crippen molar-refractivity contribution in [2.24, 2.45) is 0 Å². The van der Waals surface area contributed by atoms with Crippen molar-refractivity contribution in [2.75, 3.05) is 6.54 Å². The molecule has 0 fully saturated rings. The quantitative estimate of drug-likeness (QED) is 0.388. The van der Waals surface area contributed by atoms with Crippen LogP contribution < -0.4 is 5.32 Å². The van der Waals surface area contributed by atoms with Crippen LogP contribution >= 0.6 is 11.3 Å². The third-order valence-electron chi connectivity index (χ3n) is 5.96. The largest absolute Gasteiger partial charge is 0.361 e. The number of nitrogens with one attached hydrogen (secondary N) is 2. The molecular weight excluding hydrogens is 360 g/mol. The highest BCUT2D eigenvalue weighted by molar-refractivity contribution is 7.11. The van der Waals surface area contributed by atoms with Gasteiger partial charge < -0.3 is 10.3 Å². The molecule has 0 aliphatic carbocycles. The van der Waals surface area contributed by atoms with E-state index < -0.39 is 0 Å². The van der Waals surface area contributed by atoms with Crippen LogP contribution in [0.5, 0.6) is 0 Å². The van der Waals surface area contributed by atoms with Gasteiger partial charge in [-0.25, -0.2) is 0 Å². The molecule has 3 heteroatoms. The van der Waals surface area contributed by atoms with Crippen LogP contribution in [-0.2, 0) is 12.8 Å². The van der Waals surface area contributed by atoms with Crippen LogP contribution in [0.15, 0.2) is 48.0 Å². The summed E-state index contributed by atoms with van der Waals surface area (Å²) in [6.07, 6.45) is 14.5. The van der Waals surface area contributed by atoms with Gasteiger partial charge in [0.2, 0.25) is 0 Å². The summed E-state index contributed by atoms with van der Waals surface area (Å²) in [5, 5.41) is 7.30. The van der Waals surface area contributed by atoms with Crippen molar-refractivity contribution in [1.29, 1.82) is 0 Å². The molecule has 1 unspecified atom stereocenters. The molecule has 2 nitrogen and oxygen atoms in total. The molecule has 1 aliphatic heterocycles. The van der Waals surface area contributed by atoms with Gasteiger partial charge in [0, 0.05) is 34.6 Å². The molecule has 3 aromatic rings. The van der Waals surface area contributed by atoms with Gasteiger partial charge in [-0.15, -0.1) is 11.3 Å². The smallest absolute Gasteiger partial charge is 0.0456 e. The minimum Gasteiger partial charge on any atom is -0.361 e. The van der Waals surface area contributed by atoms with Crippen molar-refractivity contribution in [1.82, 2.24) is 10.3 Å². The first-order valence-corrected chi connectivity index (χ1v) is 11.8. The maximum Gasteiger partial charge on any atom is 0.0456 e. The first-order valence-electron chi connectivity index (χ1n) is 10.9. The number of unbranched alkanes of at least 4 members (excludes halogenated alkanes) is 2. The number of fused-ring (bicyclic) bond motifs is 1. The van der Waals surface area contributed by atoms with E-state index in [4.69, 9.17) is 0 Å². The van der Waals surface area contributed by atoms with Crippen LogP contribution in [0.2, 0.25) is 0 Å². The Balaban J connectivity index is 1.28. The third kappa shape index (κ3) is 4.76. The second-order valence-corrected chi connectivity index (χ2v) is 9.01. The van der Waals surface area contributed by atoms with Crippen molar-refractivity contribution in [2.45, 2.75) is 64.3 Å². The standard InChI is InChI=1S/C25H32N2S/c1-2-3-7-19-11-12-24-23(16-19)21(18-27-24)8-4-5-9-22-17-20(13-14-26-22)25-10-6-15-28-25/h6,10-13,15-16,18,22,26-27H,2-5,7-9,14,17H2,1H3. The highest BCUT2D eigenvalue weighted by atomic mass is 32.1. The van der Waals surface area contributed by atoms with Crippen LogP contribution in [-0.4, -0.2) is 17.6 Å². The van der Waals surface area contributed by atoms with E-state index in [0.717, 1.165) is 6.54 Å². The number of aromatic nitrogens is 1. The van der Waals surface area contributed by atoms with Crippen molar-refractivity contribution in [3.63, 3.8) is 0 Å². The van der Waals surface area contributed by atoms with E-state index in [1.807, 2.05) is 11.3 Å². The van der Waals surface area contributed by atoms with E-state index in [9.17, 15) is 0 Å². The Kier molecular flexibility index (Phi) is 6.66. The summed E-state index contributed by atoms with van der Waals surface area (Å²) in [7, 11) is 0. The Hall–Kier alpha value is -1.84. The Labute approximate surface area is 173 Å². The zero-order valence-electron chi connectivity index (χ0n) is 17.0. The fraction of sp³-hybridized carbons (Fsp3) is 0.440. The van der Waals surface area contributed by atoms with E-state index >= 15 is 0 Å². The summed E-state index contributed by atoms with van der Waals surface area (Å²) < 4.78 is 0. The van der Waals surface area contributed by atoms with Gasteiger partial charge in [-0.2, -0.15) is 0 Å². The number of hydrogen-bond acceptors (Lipinski definition) is 2. The predicted molar refractivity (Wildman–Crippen MR) is 123 cm³/mol. The zero-order chi connectivity index (χ0) is 19.2. The number of benzene rings is 1. The lowest BCUT2D eigenvalue weighted by Crippen LogP contribution is -2.32. The lowest BCUT2D eigenvalue weighted by atomic mass is 9.95. The number of rotatable bonds is 9. The first kappa shape index (κ1) is 19.5. The molecule has 1 atom stereocenters. The molecule has 0 radical (unpaired) electrons.